The van der Waals surface area contributed by atoms with Crippen LogP contribution < -0.4 is 26.5 Å². The number of anilines is 1. The maximum Gasteiger partial charge on any atom is 0.519 e. The first-order chi connectivity index (χ1) is 28.1. The minimum atomic E-state index is -1.19. The molecule has 59 heavy (non-hydrogen) atoms. The van der Waals surface area contributed by atoms with Gasteiger partial charge in [0.1, 0.15) is 17.3 Å². The molecule has 2 aromatic carbocycles. The predicted octanol–water partition coefficient (Wildman–Crippen LogP) is 6.24. The monoisotopic (exact) mass is 811 g/mol. The van der Waals surface area contributed by atoms with E-state index in [1.165, 1.54) is 75.6 Å². The van der Waals surface area contributed by atoms with Crippen LogP contribution in [0.1, 0.15) is 94.5 Å². The third-order valence-electron chi connectivity index (χ3n) is 9.45. The number of amidine groups is 1. The molecule has 4 N–H and O–H groups in total. The van der Waals surface area contributed by atoms with Crippen LogP contribution in [0, 0.1) is 30.1 Å². The van der Waals surface area contributed by atoms with E-state index >= 15 is 0 Å². The Kier molecular flexibility index (Phi) is 13.8. The molecule has 0 aliphatic heterocycles. The number of hydrogen-bond acceptors (Lipinski definition) is 14. The minimum absolute atomic E-state index is 0.0266. The van der Waals surface area contributed by atoms with Gasteiger partial charge in [-0.2, -0.15) is 0 Å². The van der Waals surface area contributed by atoms with Gasteiger partial charge in [0.15, 0.2) is 23.8 Å². The zero-order chi connectivity index (χ0) is 43.0. The van der Waals surface area contributed by atoms with E-state index in [1.807, 2.05) is 13.8 Å². The Morgan fingerprint density at radius 1 is 0.966 bits per heavy atom. The van der Waals surface area contributed by atoms with E-state index in [9.17, 15) is 28.8 Å². The van der Waals surface area contributed by atoms with Gasteiger partial charge in [0, 0.05) is 47.0 Å². The highest BCUT2D eigenvalue weighted by Gasteiger charge is 2.27. The molecule has 1 aliphatic rings. The number of carbonyl (C=O) groups excluding carboxylic acids is 5. The summed E-state index contributed by atoms with van der Waals surface area (Å²) in [6.07, 6.45) is 1.28. The molecule has 2 atom stereocenters. The molecular weight excluding hydrogens is 766 g/mol. The maximum atomic E-state index is 14.1. The summed E-state index contributed by atoms with van der Waals surface area (Å²) in [6.45, 7) is 12.1. The average Bonchev–Trinajstić information content (AvgIpc) is 3.98. The van der Waals surface area contributed by atoms with E-state index in [2.05, 4.69) is 27.5 Å². The molecule has 17 heteroatoms. The van der Waals surface area contributed by atoms with Gasteiger partial charge in [-0.15, -0.1) is 0 Å². The maximum absolute atomic E-state index is 14.1. The van der Waals surface area contributed by atoms with Crippen LogP contribution in [-0.4, -0.2) is 60.6 Å². The lowest BCUT2D eigenvalue weighted by molar-refractivity contribution is -0.170. The van der Waals surface area contributed by atoms with Crippen molar-refractivity contribution in [1.82, 2.24) is 15.6 Å². The highest BCUT2D eigenvalue weighted by Crippen LogP contribution is 2.35. The fourth-order valence-electron chi connectivity index (χ4n) is 5.50. The van der Waals surface area contributed by atoms with Crippen LogP contribution in [-0.2, 0) is 25.6 Å². The van der Waals surface area contributed by atoms with Gasteiger partial charge >= 0.3 is 23.9 Å². The van der Waals surface area contributed by atoms with E-state index < -0.39 is 54.5 Å². The Labute approximate surface area is 339 Å². The summed E-state index contributed by atoms with van der Waals surface area (Å²) in [4.78, 5) is 81.5. The smallest absolute Gasteiger partial charge is 0.496 e. The third kappa shape index (κ3) is 11.1. The summed E-state index contributed by atoms with van der Waals surface area (Å²) in [5.74, 6) is -3.57. The van der Waals surface area contributed by atoms with Crippen molar-refractivity contribution in [1.29, 1.82) is 5.41 Å². The summed E-state index contributed by atoms with van der Waals surface area (Å²) in [5.41, 5.74) is 0.958. The average molecular weight is 812 g/mol. The van der Waals surface area contributed by atoms with Crippen molar-refractivity contribution in [3.05, 3.63) is 105 Å². The van der Waals surface area contributed by atoms with Crippen molar-refractivity contribution >= 4 is 47.4 Å². The third-order valence-corrected chi connectivity index (χ3v) is 9.45. The fourth-order valence-corrected chi connectivity index (χ4v) is 5.50. The van der Waals surface area contributed by atoms with Crippen LogP contribution in [0.4, 0.5) is 10.5 Å². The van der Waals surface area contributed by atoms with Gasteiger partial charge < -0.3 is 38.4 Å². The lowest BCUT2D eigenvalue weighted by Crippen LogP contribution is -2.35. The Hall–Kier alpha value is -7.04. The number of alkyl carbamates (subject to hydrolysis) is 1. The van der Waals surface area contributed by atoms with E-state index in [0.29, 0.717) is 29.5 Å². The standard InChI is InChI=1S/C42H45N5O12/c1-8-26-17-31(37(48)45-28-13-11-27(12-14-28)36(43)47-41(52)58-24(6)57-39(50)22(4)21(2)3)30(18-33(26)54-7)29-15-16-32(38(49)44-19-25-9-10-25)46-35(29)40(51)55-20-34-23(5)56-42(53)59-34/h8,11-18,21-22,24-25H,1,9-10,19-20H2,2-7H3,(H,44,49)(H,45,48)(H2,43,47,52)/t22-,24?/m0/s1. The van der Waals surface area contributed by atoms with E-state index in [-0.39, 0.29) is 56.9 Å². The molecule has 0 spiro atoms. The van der Waals surface area contributed by atoms with Crippen molar-refractivity contribution in [3.8, 4) is 16.9 Å². The molecule has 0 bridgehead atoms. The van der Waals surface area contributed by atoms with Crippen molar-refractivity contribution in [2.45, 2.75) is 60.4 Å². The number of nitrogens with zero attached hydrogens (tertiary/aromatic N) is 1. The van der Waals surface area contributed by atoms with Gasteiger partial charge in [-0.3, -0.25) is 25.1 Å². The number of aryl methyl sites for hydroxylation is 1. The Balaban J connectivity index is 1.39. The number of benzene rings is 2. The Morgan fingerprint density at radius 2 is 1.68 bits per heavy atom. The first-order valence-corrected chi connectivity index (χ1v) is 18.7. The Bertz CT molecular complexity index is 2320. The zero-order valence-corrected chi connectivity index (χ0v) is 33.4. The summed E-state index contributed by atoms with van der Waals surface area (Å²) >= 11 is 0. The molecule has 17 nitrogen and oxygen atoms in total. The molecule has 0 saturated heterocycles. The summed E-state index contributed by atoms with van der Waals surface area (Å²) in [7, 11) is 1.42. The first kappa shape index (κ1) is 43.1. The van der Waals surface area contributed by atoms with Crippen LogP contribution >= 0.6 is 0 Å². The van der Waals surface area contributed by atoms with Gasteiger partial charge in [-0.05, 0) is 80.1 Å². The molecule has 2 aromatic heterocycles. The molecule has 1 fully saturated rings. The first-order valence-electron chi connectivity index (χ1n) is 18.7. The molecule has 1 aliphatic carbocycles. The number of hydrogen-bond donors (Lipinski definition) is 4. The van der Waals surface area contributed by atoms with Crippen molar-refractivity contribution in [2.75, 3.05) is 19.0 Å². The second kappa shape index (κ2) is 18.9. The van der Waals surface area contributed by atoms with Gasteiger partial charge in [0.2, 0.25) is 6.29 Å². The van der Waals surface area contributed by atoms with Crippen molar-refractivity contribution < 1.29 is 51.8 Å². The van der Waals surface area contributed by atoms with E-state index in [1.54, 1.807) is 6.92 Å². The van der Waals surface area contributed by atoms with Crippen molar-refractivity contribution in [3.63, 3.8) is 0 Å². The molecule has 310 valence electrons. The quantitative estimate of drug-likeness (QED) is 0.0425. The number of rotatable bonds is 16. The van der Waals surface area contributed by atoms with E-state index in [4.69, 9.17) is 33.2 Å². The molecular formula is C42H45N5O12. The van der Waals surface area contributed by atoms with E-state index in [0.717, 1.165) is 12.8 Å². The predicted molar refractivity (Wildman–Crippen MR) is 213 cm³/mol. The molecule has 5 rings (SSSR count). The number of carbonyl (C=O) groups is 5. The summed E-state index contributed by atoms with van der Waals surface area (Å²) in [5, 5.41) is 16.2. The molecule has 4 aromatic rings. The number of pyridine rings is 1. The second-order valence-electron chi connectivity index (χ2n) is 14.1. The highest BCUT2D eigenvalue weighted by atomic mass is 16.7. The highest BCUT2D eigenvalue weighted by molar-refractivity contribution is 6.11. The molecule has 3 amide bonds. The summed E-state index contributed by atoms with van der Waals surface area (Å²) < 4.78 is 31.1. The lowest BCUT2D eigenvalue weighted by Gasteiger charge is -2.19. The molecule has 2 heterocycles. The van der Waals surface area contributed by atoms with Crippen LogP contribution in [0.2, 0.25) is 0 Å². The fraction of sp³-hybridized carbons (Fsp3) is 0.333. The lowest BCUT2D eigenvalue weighted by atomic mass is 9.94. The SMILES string of the molecule is C=Cc1cc(C(=O)Nc2ccc(C(=N)NC(=O)OC(C)OC(=O)[C@@H](C)C(C)C)cc2)c(-c2ccc(C(=O)NCC3CC3)nc2C(=O)OCc2oc(=O)oc2C)cc1OC. The van der Waals surface area contributed by atoms with Gasteiger partial charge in [0.25, 0.3) is 11.8 Å². The van der Waals surface area contributed by atoms with Crippen LogP contribution in [0.3, 0.4) is 0 Å². The van der Waals surface area contributed by atoms with Crippen LogP contribution in [0.5, 0.6) is 5.75 Å². The number of amides is 3. The van der Waals surface area contributed by atoms with Crippen LogP contribution in [0.15, 0.2) is 68.7 Å². The number of nitrogens with one attached hydrogen (secondary N) is 4. The number of methoxy groups -OCH3 is 1. The Morgan fingerprint density at radius 3 is 2.29 bits per heavy atom. The van der Waals surface area contributed by atoms with Gasteiger partial charge in [-0.1, -0.05) is 33.4 Å². The molecule has 1 saturated carbocycles. The normalized spacial score (nSPS) is 13.1. The number of esters is 2. The largest absolute Gasteiger partial charge is 0.519 e. The number of ether oxygens (including phenoxy) is 4. The molecule has 0 radical (unpaired) electrons. The van der Waals surface area contributed by atoms with Gasteiger partial charge in [-0.25, -0.2) is 19.4 Å². The topological polar surface area (TPSA) is 238 Å². The second-order valence-corrected chi connectivity index (χ2v) is 14.1. The van der Waals surface area contributed by atoms with Gasteiger partial charge in [0.05, 0.1) is 13.0 Å². The zero-order valence-electron chi connectivity index (χ0n) is 33.4. The number of aromatic nitrogens is 1. The van der Waals surface area contributed by atoms with Crippen molar-refractivity contribution in [2.24, 2.45) is 17.8 Å². The van der Waals surface area contributed by atoms with Crippen LogP contribution in [0.25, 0.3) is 17.2 Å². The molecule has 1 unspecified atom stereocenters. The summed E-state index contributed by atoms with van der Waals surface area (Å²) in [6, 6.07) is 11.9. The minimum Gasteiger partial charge on any atom is -0.496 e.